The van der Waals surface area contributed by atoms with Crippen LogP contribution in [0.3, 0.4) is 0 Å². The number of nitrogens with one attached hydrogen (secondary N) is 1. The fourth-order valence-electron chi connectivity index (χ4n) is 1.37. The van der Waals surface area contributed by atoms with Crippen molar-refractivity contribution in [2.75, 3.05) is 13.2 Å². The van der Waals surface area contributed by atoms with E-state index in [2.05, 4.69) is 5.32 Å². The molecule has 0 aliphatic rings. The first-order chi connectivity index (χ1) is 8.80. The molecule has 0 aromatic heterocycles. The van der Waals surface area contributed by atoms with Crippen LogP contribution < -0.4 is 5.32 Å². The largest absolute Gasteiger partial charge is 0.416 e. The quantitative estimate of drug-likeness (QED) is 0.839. The number of rotatable bonds is 5. The van der Waals surface area contributed by atoms with Gasteiger partial charge in [-0.2, -0.15) is 13.2 Å². The highest BCUT2D eigenvalue weighted by atomic mass is 19.4. The molecular weight excluding hydrogens is 259 g/mol. The van der Waals surface area contributed by atoms with E-state index in [1.54, 1.807) is 0 Å². The molecule has 0 atom stereocenters. The SMILES string of the molecule is CC(C)OCCNC(=O)c1ccc(C(F)(F)F)cc1. The smallest absolute Gasteiger partial charge is 0.377 e. The predicted molar refractivity (Wildman–Crippen MR) is 64.9 cm³/mol. The van der Waals surface area contributed by atoms with Gasteiger partial charge in [-0.3, -0.25) is 4.79 Å². The van der Waals surface area contributed by atoms with Crippen LogP contribution >= 0.6 is 0 Å². The molecule has 0 spiro atoms. The Hall–Kier alpha value is -1.56. The van der Waals surface area contributed by atoms with E-state index < -0.39 is 17.6 Å². The van der Waals surface area contributed by atoms with E-state index in [-0.39, 0.29) is 11.7 Å². The average Bonchev–Trinajstić information content (AvgIpc) is 2.33. The van der Waals surface area contributed by atoms with E-state index in [4.69, 9.17) is 4.74 Å². The van der Waals surface area contributed by atoms with Gasteiger partial charge in [0, 0.05) is 12.1 Å². The summed E-state index contributed by atoms with van der Waals surface area (Å²) in [5.41, 5.74) is -0.579. The van der Waals surface area contributed by atoms with Crippen LogP contribution in [0.4, 0.5) is 13.2 Å². The molecule has 1 rings (SSSR count). The summed E-state index contributed by atoms with van der Waals surface area (Å²) in [6.07, 6.45) is -4.32. The number of alkyl halides is 3. The maximum Gasteiger partial charge on any atom is 0.416 e. The summed E-state index contributed by atoms with van der Waals surface area (Å²) >= 11 is 0. The number of hydrogen-bond acceptors (Lipinski definition) is 2. The van der Waals surface area contributed by atoms with E-state index in [0.29, 0.717) is 13.2 Å². The van der Waals surface area contributed by atoms with Gasteiger partial charge in [0.2, 0.25) is 0 Å². The van der Waals surface area contributed by atoms with Crippen molar-refractivity contribution in [1.82, 2.24) is 5.32 Å². The zero-order chi connectivity index (χ0) is 14.5. The molecule has 106 valence electrons. The number of hydrogen-bond donors (Lipinski definition) is 1. The molecule has 0 aliphatic carbocycles. The molecule has 1 amide bonds. The Balaban J connectivity index is 2.49. The molecule has 1 N–H and O–H groups in total. The third-order valence-corrected chi connectivity index (χ3v) is 2.31. The Labute approximate surface area is 109 Å². The lowest BCUT2D eigenvalue weighted by Gasteiger charge is -2.09. The fourth-order valence-corrected chi connectivity index (χ4v) is 1.37. The Bertz CT molecular complexity index is 413. The third-order valence-electron chi connectivity index (χ3n) is 2.31. The molecule has 0 fully saturated rings. The molecule has 0 unspecified atom stereocenters. The van der Waals surface area contributed by atoms with Crippen molar-refractivity contribution in [3.05, 3.63) is 35.4 Å². The summed E-state index contributed by atoms with van der Waals surface area (Å²) in [5.74, 6) is -0.416. The zero-order valence-electron chi connectivity index (χ0n) is 10.8. The second kappa shape index (κ2) is 6.56. The molecule has 0 saturated heterocycles. The van der Waals surface area contributed by atoms with Gasteiger partial charge in [0.05, 0.1) is 18.3 Å². The topological polar surface area (TPSA) is 38.3 Å². The lowest BCUT2D eigenvalue weighted by atomic mass is 10.1. The van der Waals surface area contributed by atoms with Crippen LogP contribution in [0.15, 0.2) is 24.3 Å². The number of benzene rings is 1. The summed E-state index contributed by atoms with van der Waals surface area (Å²) in [6.45, 7) is 4.43. The van der Waals surface area contributed by atoms with E-state index in [9.17, 15) is 18.0 Å². The van der Waals surface area contributed by atoms with Gasteiger partial charge >= 0.3 is 6.18 Å². The molecule has 19 heavy (non-hydrogen) atoms. The monoisotopic (exact) mass is 275 g/mol. The summed E-state index contributed by atoms with van der Waals surface area (Å²) in [4.78, 5) is 11.6. The van der Waals surface area contributed by atoms with Gasteiger partial charge in [0.25, 0.3) is 5.91 Å². The van der Waals surface area contributed by atoms with Crippen molar-refractivity contribution in [2.45, 2.75) is 26.1 Å². The molecule has 0 saturated carbocycles. The highest BCUT2D eigenvalue weighted by molar-refractivity contribution is 5.94. The first-order valence-corrected chi connectivity index (χ1v) is 5.88. The molecule has 1 aromatic carbocycles. The van der Waals surface area contributed by atoms with Gasteiger partial charge in [-0.1, -0.05) is 0 Å². The number of halogens is 3. The van der Waals surface area contributed by atoms with Crippen molar-refractivity contribution in [1.29, 1.82) is 0 Å². The fraction of sp³-hybridized carbons (Fsp3) is 0.462. The molecule has 0 bridgehead atoms. The Morgan fingerprint density at radius 1 is 1.26 bits per heavy atom. The van der Waals surface area contributed by atoms with E-state index in [1.165, 1.54) is 0 Å². The van der Waals surface area contributed by atoms with Crippen molar-refractivity contribution < 1.29 is 22.7 Å². The van der Waals surface area contributed by atoms with Crippen LogP contribution in [0.2, 0.25) is 0 Å². The van der Waals surface area contributed by atoms with Gasteiger partial charge in [-0.15, -0.1) is 0 Å². The number of carbonyl (C=O) groups excluding carboxylic acids is 1. The Kier molecular flexibility index (Phi) is 5.35. The van der Waals surface area contributed by atoms with Gasteiger partial charge in [0.1, 0.15) is 0 Å². The minimum atomic E-state index is -4.39. The van der Waals surface area contributed by atoms with Crippen molar-refractivity contribution in [2.24, 2.45) is 0 Å². The zero-order valence-corrected chi connectivity index (χ0v) is 10.8. The summed E-state index contributed by atoms with van der Waals surface area (Å²) < 4.78 is 42.2. The van der Waals surface area contributed by atoms with Gasteiger partial charge in [-0.05, 0) is 38.1 Å². The summed E-state index contributed by atoms with van der Waals surface area (Å²) in [5, 5.41) is 2.57. The molecule has 3 nitrogen and oxygen atoms in total. The lowest BCUT2D eigenvalue weighted by molar-refractivity contribution is -0.137. The predicted octanol–water partition coefficient (Wildman–Crippen LogP) is 2.86. The van der Waals surface area contributed by atoms with Crippen LogP contribution in [0, 0.1) is 0 Å². The first-order valence-electron chi connectivity index (χ1n) is 5.88. The average molecular weight is 275 g/mol. The van der Waals surface area contributed by atoms with Gasteiger partial charge < -0.3 is 10.1 Å². The third kappa shape index (κ3) is 5.30. The standard InChI is InChI=1S/C13H16F3NO2/c1-9(2)19-8-7-17-12(18)10-3-5-11(6-4-10)13(14,15)16/h3-6,9H,7-8H2,1-2H3,(H,17,18). The minimum Gasteiger partial charge on any atom is -0.377 e. The number of ether oxygens (including phenoxy) is 1. The maximum atomic E-state index is 12.3. The highest BCUT2D eigenvalue weighted by Crippen LogP contribution is 2.28. The van der Waals surface area contributed by atoms with Crippen LogP contribution in [0.5, 0.6) is 0 Å². The molecule has 1 aromatic rings. The lowest BCUT2D eigenvalue weighted by Crippen LogP contribution is -2.28. The van der Waals surface area contributed by atoms with E-state index >= 15 is 0 Å². The molecular formula is C13H16F3NO2. The maximum absolute atomic E-state index is 12.3. The first kappa shape index (κ1) is 15.5. The molecule has 6 heteroatoms. The van der Waals surface area contributed by atoms with Crippen molar-refractivity contribution >= 4 is 5.91 Å². The highest BCUT2D eigenvalue weighted by Gasteiger charge is 2.30. The van der Waals surface area contributed by atoms with Crippen LogP contribution in [-0.2, 0) is 10.9 Å². The normalized spacial score (nSPS) is 11.7. The number of carbonyl (C=O) groups is 1. The van der Waals surface area contributed by atoms with Crippen LogP contribution in [0.25, 0.3) is 0 Å². The molecule has 0 radical (unpaired) electrons. The minimum absolute atomic E-state index is 0.0722. The second-order valence-corrected chi connectivity index (χ2v) is 4.25. The van der Waals surface area contributed by atoms with Crippen molar-refractivity contribution in [3.8, 4) is 0 Å². The van der Waals surface area contributed by atoms with Crippen LogP contribution in [-0.4, -0.2) is 25.2 Å². The summed E-state index contributed by atoms with van der Waals surface area (Å²) in [7, 11) is 0. The molecule has 0 aliphatic heterocycles. The second-order valence-electron chi connectivity index (χ2n) is 4.25. The van der Waals surface area contributed by atoms with Gasteiger partial charge in [0.15, 0.2) is 0 Å². The Morgan fingerprint density at radius 3 is 2.32 bits per heavy atom. The Morgan fingerprint density at radius 2 is 1.84 bits per heavy atom. The number of amides is 1. The van der Waals surface area contributed by atoms with Crippen molar-refractivity contribution in [3.63, 3.8) is 0 Å². The summed E-state index contributed by atoms with van der Waals surface area (Å²) in [6, 6.07) is 4.09. The van der Waals surface area contributed by atoms with Crippen LogP contribution in [0.1, 0.15) is 29.8 Å². The van der Waals surface area contributed by atoms with E-state index in [1.807, 2.05) is 13.8 Å². The van der Waals surface area contributed by atoms with E-state index in [0.717, 1.165) is 24.3 Å². The van der Waals surface area contributed by atoms with Gasteiger partial charge in [-0.25, -0.2) is 0 Å². The molecule has 0 heterocycles.